The Morgan fingerprint density at radius 3 is 2.76 bits per heavy atom. The van der Waals surface area contributed by atoms with Gasteiger partial charge in [0.2, 0.25) is 0 Å². The van der Waals surface area contributed by atoms with Gasteiger partial charge in [0.15, 0.2) is 15.8 Å². The number of pyridine rings is 1. The van der Waals surface area contributed by atoms with E-state index >= 15 is 0 Å². The average Bonchev–Trinajstić information content (AvgIpc) is 3.08. The Balaban J connectivity index is 1.57. The Hall–Kier alpha value is -2.94. The molecule has 3 aromatic rings. The normalized spacial score (nSPS) is 12.3. The Labute approximate surface area is 169 Å². The number of guanidine groups is 1. The van der Waals surface area contributed by atoms with Gasteiger partial charge in [0.1, 0.15) is 11.5 Å². The molecule has 0 aliphatic heterocycles. The van der Waals surface area contributed by atoms with Gasteiger partial charge in [-0.3, -0.25) is 4.99 Å². The molecule has 0 fully saturated rings. The van der Waals surface area contributed by atoms with Gasteiger partial charge >= 0.3 is 0 Å². The standard InChI is InChI=1S/C20H24FN5O2S/c1-22-20(23-9-8-18-13-26-10-4-3-5-19(26)25-18)24-12-16-11-17(21)7-6-15(16)14-29(2,27)28/h3-7,10-11,13H,8-9,12,14H2,1-2H3,(H2,22,23,24). The van der Waals surface area contributed by atoms with Crippen LogP contribution in [-0.2, 0) is 28.6 Å². The zero-order chi connectivity index (χ0) is 20.9. The lowest BCUT2D eigenvalue weighted by atomic mass is 10.1. The molecule has 2 N–H and O–H groups in total. The maximum Gasteiger partial charge on any atom is 0.191 e. The molecular formula is C20H24FN5O2S. The number of rotatable bonds is 7. The molecule has 9 heteroatoms. The molecule has 0 amide bonds. The van der Waals surface area contributed by atoms with Gasteiger partial charge in [0.25, 0.3) is 0 Å². The SMILES string of the molecule is CN=C(NCCc1cn2ccccc2n1)NCc1cc(F)ccc1CS(C)(=O)=O. The molecule has 0 spiro atoms. The molecule has 1 aromatic carbocycles. The third-order valence-electron chi connectivity index (χ3n) is 4.34. The lowest BCUT2D eigenvalue weighted by Gasteiger charge is -2.14. The van der Waals surface area contributed by atoms with Gasteiger partial charge in [0.05, 0.1) is 11.4 Å². The summed E-state index contributed by atoms with van der Waals surface area (Å²) in [6.45, 7) is 0.875. The summed E-state index contributed by atoms with van der Waals surface area (Å²) in [6.07, 6.45) is 5.80. The predicted octanol–water partition coefficient (Wildman–Crippen LogP) is 1.93. The number of sulfone groups is 1. The molecule has 0 aliphatic rings. The highest BCUT2D eigenvalue weighted by molar-refractivity contribution is 7.89. The van der Waals surface area contributed by atoms with E-state index in [-0.39, 0.29) is 12.3 Å². The van der Waals surface area contributed by atoms with Crippen LogP contribution < -0.4 is 10.6 Å². The number of hydrogen-bond acceptors (Lipinski definition) is 4. The van der Waals surface area contributed by atoms with Crippen molar-refractivity contribution in [3.63, 3.8) is 0 Å². The second kappa shape index (κ2) is 9.04. The molecule has 0 saturated heterocycles. The van der Waals surface area contributed by atoms with Gasteiger partial charge in [-0.15, -0.1) is 0 Å². The third-order valence-corrected chi connectivity index (χ3v) is 5.18. The molecule has 7 nitrogen and oxygen atoms in total. The average molecular weight is 418 g/mol. The van der Waals surface area contributed by atoms with Crippen molar-refractivity contribution in [2.75, 3.05) is 19.8 Å². The van der Waals surface area contributed by atoms with Crippen LogP contribution in [0, 0.1) is 5.82 Å². The van der Waals surface area contributed by atoms with Crippen LogP contribution in [0.3, 0.4) is 0 Å². The molecule has 0 atom stereocenters. The number of aromatic nitrogens is 2. The van der Waals surface area contributed by atoms with E-state index in [0.29, 0.717) is 30.1 Å². The van der Waals surface area contributed by atoms with Crippen molar-refractivity contribution in [2.45, 2.75) is 18.7 Å². The van der Waals surface area contributed by atoms with E-state index in [2.05, 4.69) is 20.6 Å². The molecule has 0 bridgehead atoms. The van der Waals surface area contributed by atoms with Crippen LogP contribution >= 0.6 is 0 Å². The number of nitrogens with zero attached hydrogens (tertiary/aromatic N) is 3. The summed E-state index contributed by atoms with van der Waals surface area (Å²) >= 11 is 0. The number of benzene rings is 1. The van der Waals surface area contributed by atoms with E-state index in [0.717, 1.165) is 17.6 Å². The summed E-state index contributed by atoms with van der Waals surface area (Å²) in [6, 6.07) is 9.97. The van der Waals surface area contributed by atoms with Gasteiger partial charge in [-0.1, -0.05) is 12.1 Å². The zero-order valence-corrected chi connectivity index (χ0v) is 17.2. The quantitative estimate of drug-likeness (QED) is 0.453. The van der Waals surface area contributed by atoms with E-state index < -0.39 is 15.7 Å². The van der Waals surface area contributed by atoms with Crippen LogP contribution in [-0.4, -0.2) is 43.6 Å². The highest BCUT2D eigenvalue weighted by Crippen LogP contribution is 2.14. The first-order chi connectivity index (χ1) is 13.8. The first-order valence-electron chi connectivity index (χ1n) is 9.16. The molecular weight excluding hydrogens is 393 g/mol. The maximum atomic E-state index is 13.6. The van der Waals surface area contributed by atoms with Crippen LogP contribution in [0.2, 0.25) is 0 Å². The lowest BCUT2D eigenvalue weighted by Crippen LogP contribution is -2.38. The molecule has 2 aromatic heterocycles. The lowest BCUT2D eigenvalue weighted by molar-refractivity contribution is 0.599. The van der Waals surface area contributed by atoms with Gasteiger partial charge in [-0.2, -0.15) is 0 Å². The van der Waals surface area contributed by atoms with Gasteiger partial charge in [0, 0.05) is 45.2 Å². The molecule has 0 saturated carbocycles. The minimum atomic E-state index is -3.22. The topological polar surface area (TPSA) is 87.9 Å². The van der Waals surface area contributed by atoms with Crippen molar-refractivity contribution in [1.82, 2.24) is 20.0 Å². The molecule has 0 aliphatic carbocycles. The molecule has 0 unspecified atom stereocenters. The van der Waals surface area contributed by atoms with Crippen molar-refractivity contribution in [1.29, 1.82) is 0 Å². The Kier molecular flexibility index (Phi) is 6.48. The van der Waals surface area contributed by atoms with E-state index in [4.69, 9.17) is 0 Å². The maximum absolute atomic E-state index is 13.6. The summed E-state index contributed by atoms with van der Waals surface area (Å²) in [7, 11) is -1.58. The van der Waals surface area contributed by atoms with Crippen LogP contribution in [0.4, 0.5) is 4.39 Å². The number of imidazole rings is 1. The highest BCUT2D eigenvalue weighted by Gasteiger charge is 2.11. The third kappa shape index (κ3) is 6.02. The number of fused-ring (bicyclic) bond motifs is 1. The largest absolute Gasteiger partial charge is 0.356 e. The summed E-state index contributed by atoms with van der Waals surface area (Å²) in [5.41, 5.74) is 3.01. The van der Waals surface area contributed by atoms with Crippen LogP contribution in [0.15, 0.2) is 53.8 Å². The van der Waals surface area contributed by atoms with E-state index in [9.17, 15) is 12.8 Å². The second-order valence-electron chi connectivity index (χ2n) is 6.78. The van der Waals surface area contributed by atoms with Crippen LogP contribution in [0.1, 0.15) is 16.8 Å². The van der Waals surface area contributed by atoms with Crippen LogP contribution in [0.5, 0.6) is 0 Å². The van der Waals surface area contributed by atoms with Crippen molar-refractivity contribution in [3.05, 3.63) is 71.4 Å². The molecule has 29 heavy (non-hydrogen) atoms. The fourth-order valence-corrected chi connectivity index (χ4v) is 3.85. The minimum absolute atomic E-state index is 0.135. The number of halogens is 1. The molecule has 2 heterocycles. The van der Waals surface area contributed by atoms with E-state index in [1.165, 1.54) is 18.2 Å². The fourth-order valence-electron chi connectivity index (χ4n) is 3.00. The highest BCUT2D eigenvalue weighted by atomic mass is 32.2. The number of hydrogen-bond donors (Lipinski definition) is 2. The van der Waals surface area contributed by atoms with Crippen molar-refractivity contribution in [2.24, 2.45) is 4.99 Å². The minimum Gasteiger partial charge on any atom is -0.356 e. The van der Waals surface area contributed by atoms with Crippen molar-refractivity contribution < 1.29 is 12.8 Å². The van der Waals surface area contributed by atoms with Crippen LogP contribution in [0.25, 0.3) is 5.65 Å². The smallest absolute Gasteiger partial charge is 0.191 e. The Morgan fingerprint density at radius 2 is 2.03 bits per heavy atom. The van der Waals surface area contributed by atoms with E-state index in [1.807, 2.05) is 35.0 Å². The Bertz CT molecular complexity index is 1090. The van der Waals surface area contributed by atoms with Gasteiger partial charge in [-0.25, -0.2) is 17.8 Å². The Morgan fingerprint density at radius 1 is 1.21 bits per heavy atom. The monoisotopic (exact) mass is 417 g/mol. The zero-order valence-electron chi connectivity index (χ0n) is 16.4. The summed E-state index contributed by atoms with van der Waals surface area (Å²) < 4.78 is 38.8. The fraction of sp³-hybridized carbons (Fsp3) is 0.300. The number of aliphatic imine (C=N–C) groups is 1. The van der Waals surface area contributed by atoms with Crippen molar-refractivity contribution >= 4 is 21.4 Å². The van der Waals surface area contributed by atoms with Gasteiger partial charge in [-0.05, 0) is 35.4 Å². The molecule has 3 rings (SSSR count). The number of nitrogens with one attached hydrogen (secondary N) is 2. The first kappa shape index (κ1) is 20.8. The summed E-state index contributed by atoms with van der Waals surface area (Å²) in [5.74, 6) is 0.00156. The molecule has 0 radical (unpaired) electrons. The molecule has 154 valence electrons. The summed E-state index contributed by atoms with van der Waals surface area (Å²) in [4.78, 5) is 8.71. The summed E-state index contributed by atoms with van der Waals surface area (Å²) in [5, 5.41) is 6.30. The van der Waals surface area contributed by atoms with E-state index in [1.54, 1.807) is 7.05 Å². The predicted molar refractivity (Wildman–Crippen MR) is 112 cm³/mol. The van der Waals surface area contributed by atoms with Crippen molar-refractivity contribution in [3.8, 4) is 0 Å². The first-order valence-corrected chi connectivity index (χ1v) is 11.2. The van der Waals surface area contributed by atoms with Gasteiger partial charge < -0.3 is 15.0 Å². The second-order valence-corrected chi connectivity index (χ2v) is 8.92.